The first-order valence-corrected chi connectivity index (χ1v) is 2.72. The van der Waals surface area contributed by atoms with E-state index in [-0.39, 0.29) is 6.41 Å². The number of carbonyl (C=O) groups excluding carboxylic acids is 1. The molecular formula is C5H11NO3. The normalized spacial score (nSPS) is 17.3. The number of rotatable bonds is 0. The highest BCUT2D eigenvalue weighted by Gasteiger charge is 1.94. The number of primary amides is 1. The monoisotopic (exact) mass is 133 g/mol. The Morgan fingerprint density at radius 1 is 1.11 bits per heavy atom. The average Bonchev–Trinajstić information content (AvgIpc) is 1.93. The van der Waals surface area contributed by atoms with Crippen molar-refractivity contribution in [2.45, 2.75) is 0 Å². The lowest BCUT2D eigenvalue weighted by Crippen LogP contribution is -2.16. The van der Waals surface area contributed by atoms with Crippen LogP contribution >= 0.6 is 0 Å². The van der Waals surface area contributed by atoms with Gasteiger partial charge in [0, 0.05) is 0 Å². The van der Waals surface area contributed by atoms with Gasteiger partial charge in [-0.25, -0.2) is 0 Å². The number of ether oxygens (including phenoxy) is 2. The minimum absolute atomic E-state index is 0.250. The summed E-state index contributed by atoms with van der Waals surface area (Å²) in [7, 11) is 0. The Balaban J connectivity index is 0.000000187. The third kappa shape index (κ3) is 7.39. The van der Waals surface area contributed by atoms with E-state index in [1.54, 1.807) is 0 Å². The van der Waals surface area contributed by atoms with Gasteiger partial charge in [0.25, 0.3) is 0 Å². The zero-order valence-electron chi connectivity index (χ0n) is 5.21. The SMILES string of the molecule is C1COCCO1.NC=O. The molecule has 1 aliphatic rings. The van der Waals surface area contributed by atoms with Gasteiger partial charge >= 0.3 is 0 Å². The van der Waals surface area contributed by atoms with Crippen LogP contribution in [0.2, 0.25) is 0 Å². The Bertz CT molecular complexity index is 51.7. The zero-order chi connectivity index (χ0) is 6.95. The number of hydrogen-bond acceptors (Lipinski definition) is 3. The van der Waals surface area contributed by atoms with Gasteiger partial charge in [-0.2, -0.15) is 0 Å². The van der Waals surface area contributed by atoms with Crippen LogP contribution in [0.1, 0.15) is 0 Å². The molecule has 0 aromatic carbocycles. The molecule has 0 spiro atoms. The molecule has 1 saturated heterocycles. The van der Waals surface area contributed by atoms with E-state index >= 15 is 0 Å². The van der Waals surface area contributed by atoms with Gasteiger partial charge < -0.3 is 15.2 Å². The van der Waals surface area contributed by atoms with E-state index in [1.165, 1.54) is 0 Å². The van der Waals surface area contributed by atoms with Crippen LogP contribution in [0.4, 0.5) is 0 Å². The van der Waals surface area contributed by atoms with Crippen LogP contribution in [0.15, 0.2) is 0 Å². The summed E-state index contributed by atoms with van der Waals surface area (Å²) in [4.78, 5) is 8.58. The summed E-state index contributed by atoms with van der Waals surface area (Å²) in [5.74, 6) is 0. The minimum atomic E-state index is 0.250. The molecule has 4 heteroatoms. The predicted octanol–water partition coefficient (Wildman–Crippen LogP) is -0.865. The molecule has 1 amide bonds. The predicted molar refractivity (Wildman–Crippen MR) is 31.9 cm³/mol. The third-order valence-corrected chi connectivity index (χ3v) is 0.744. The van der Waals surface area contributed by atoms with Crippen LogP contribution in [0, 0.1) is 0 Å². The van der Waals surface area contributed by atoms with Crippen LogP contribution < -0.4 is 5.73 Å². The second kappa shape index (κ2) is 7.39. The molecule has 1 aliphatic heterocycles. The lowest BCUT2D eigenvalue weighted by atomic mass is 10.6. The Hall–Kier alpha value is -0.610. The van der Waals surface area contributed by atoms with Crippen LogP contribution in [0.3, 0.4) is 0 Å². The van der Waals surface area contributed by atoms with Crippen molar-refractivity contribution in [1.29, 1.82) is 0 Å². The fourth-order valence-corrected chi connectivity index (χ4v) is 0.440. The van der Waals surface area contributed by atoms with E-state index in [0.717, 1.165) is 26.4 Å². The van der Waals surface area contributed by atoms with Crippen molar-refractivity contribution in [2.75, 3.05) is 26.4 Å². The van der Waals surface area contributed by atoms with Crippen molar-refractivity contribution < 1.29 is 14.3 Å². The third-order valence-electron chi connectivity index (χ3n) is 0.744. The molecule has 1 fully saturated rings. The Morgan fingerprint density at radius 2 is 1.33 bits per heavy atom. The van der Waals surface area contributed by atoms with Gasteiger partial charge in [-0.15, -0.1) is 0 Å². The largest absolute Gasteiger partial charge is 0.377 e. The van der Waals surface area contributed by atoms with Crippen LogP contribution in [0.5, 0.6) is 0 Å². The van der Waals surface area contributed by atoms with E-state index in [1.807, 2.05) is 0 Å². The first-order chi connectivity index (χ1) is 4.41. The molecule has 0 unspecified atom stereocenters. The molecule has 9 heavy (non-hydrogen) atoms. The standard InChI is InChI=1S/C4H8O2.CH3NO/c1-2-6-4-3-5-1;2-1-3/h1-4H2;1H,(H2,2,3). The summed E-state index contributed by atoms with van der Waals surface area (Å²) in [6.07, 6.45) is 0.250. The Morgan fingerprint density at radius 3 is 1.44 bits per heavy atom. The van der Waals surface area contributed by atoms with Gasteiger partial charge in [0.2, 0.25) is 6.41 Å². The number of nitrogens with two attached hydrogens (primary N) is 1. The molecule has 4 nitrogen and oxygen atoms in total. The topological polar surface area (TPSA) is 61.6 Å². The summed E-state index contributed by atoms with van der Waals surface area (Å²) in [6, 6.07) is 0. The summed E-state index contributed by atoms with van der Waals surface area (Å²) >= 11 is 0. The zero-order valence-corrected chi connectivity index (χ0v) is 5.21. The molecule has 0 radical (unpaired) electrons. The molecule has 0 saturated carbocycles. The van der Waals surface area contributed by atoms with Crippen molar-refractivity contribution in [3.63, 3.8) is 0 Å². The number of hydrogen-bond donors (Lipinski definition) is 1. The van der Waals surface area contributed by atoms with E-state index in [0.29, 0.717) is 0 Å². The maximum absolute atomic E-state index is 8.58. The summed E-state index contributed by atoms with van der Waals surface area (Å²) in [6.45, 7) is 3.11. The highest BCUT2D eigenvalue weighted by molar-refractivity contribution is 5.42. The van der Waals surface area contributed by atoms with E-state index in [2.05, 4.69) is 5.73 Å². The maximum atomic E-state index is 8.58. The van der Waals surface area contributed by atoms with Gasteiger partial charge in [-0.1, -0.05) is 0 Å². The first-order valence-electron chi connectivity index (χ1n) is 2.72. The van der Waals surface area contributed by atoms with Crippen LogP contribution in [-0.4, -0.2) is 32.8 Å². The molecule has 0 aromatic heterocycles. The van der Waals surface area contributed by atoms with Crippen molar-refractivity contribution in [2.24, 2.45) is 5.73 Å². The van der Waals surface area contributed by atoms with Crippen LogP contribution in [0.25, 0.3) is 0 Å². The highest BCUT2D eigenvalue weighted by atomic mass is 16.6. The van der Waals surface area contributed by atoms with Crippen molar-refractivity contribution in [1.82, 2.24) is 0 Å². The summed E-state index contributed by atoms with van der Waals surface area (Å²) in [5, 5.41) is 0. The lowest BCUT2D eigenvalue weighted by Gasteiger charge is -2.09. The molecule has 0 atom stereocenters. The van der Waals surface area contributed by atoms with Gasteiger partial charge in [0.1, 0.15) is 0 Å². The van der Waals surface area contributed by atoms with Crippen molar-refractivity contribution >= 4 is 6.41 Å². The maximum Gasteiger partial charge on any atom is 0.204 e. The van der Waals surface area contributed by atoms with E-state index in [4.69, 9.17) is 14.3 Å². The van der Waals surface area contributed by atoms with E-state index in [9.17, 15) is 0 Å². The molecule has 0 bridgehead atoms. The average molecular weight is 133 g/mol. The fourth-order valence-electron chi connectivity index (χ4n) is 0.440. The molecular weight excluding hydrogens is 122 g/mol. The van der Waals surface area contributed by atoms with Crippen molar-refractivity contribution in [3.05, 3.63) is 0 Å². The van der Waals surface area contributed by atoms with Gasteiger partial charge in [0.15, 0.2) is 0 Å². The molecule has 0 aromatic rings. The quantitative estimate of drug-likeness (QED) is 0.437. The van der Waals surface area contributed by atoms with E-state index < -0.39 is 0 Å². The smallest absolute Gasteiger partial charge is 0.204 e. The number of carbonyl (C=O) groups is 1. The van der Waals surface area contributed by atoms with Gasteiger partial charge in [-0.3, -0.25) is 4.79 Å². The molecule has 2 N–H and O–H groups in total. The highest BCUT2D eigenvalue weighted by Crippen LogP contribution is 1.85. The lowest BCUT2D eigenvalue weighted by molar-refractivity contribution is -0.106. The molecule has 54 valence electrons. The Labute approximate surface area is 53.9 Å². The second-order valence-corrected chi connectivity index (χ2v) is 1.36. The molecule has 1 rings (SSSR count). The fraction of sp³-hybridized carbons (Fsp3) is 0.800. The second-order valence-electron chi connectivity index (χ2n) is 1.36. The van der Waals surface area contributed by atoms with Gasteiger partial charge in [-0.05, 0) is 0 Å². The van der Waals surface area contributed by atoms with Crippen molar-refractivity contribution in [3.8, 4) is 0 Å². The number of amides is 1. The minimum Gasteiger partial charge on any atom is -0.377 e. The summed E-state index contributed by atoms with van der Waals surface area (Å²) < 4.78 is 9.89. The van der Waals surface area contributed by atoms with Crippen LogP contribution in [-0.2, 0) is 14.3 Å². The first kappa shape index (κ1) is 8.39. The molecule has 0 aliphatic carbocycles. The summed E-state index contributed by atoms with van der Waals surface area (Å²) in [5.41, 5.74) is 4.17. The molecule has 1 heterocycles. The van der Waals surface area contributed by atoms with Gasteiger partial charge in [0.05, 0.1) is 26.4 Å². The Kier molecular flexibility index (Phi) is 6.89.